The van der Waals surface area contributed by atoms with Crippen molar-refractivity contribution in [3.05, 3.63) is 81.0 Å². The van der Waals surface area contributed by atoms with E-state index in [9.17, 15) is 18.8 Å². The molecule has 11 heteroatoms. The summed E-state index contributed by atoms with van der Waals surface area (Å²) in [6.07, 6.45) is 0.475. The van der Waals surface area contributed by atoms with Crippen molar-refractivity contribution in [1.82, 2.24) is 19.5 Å². The number of fused-ring (bicyclic) bond motifs is 2. The Bertz CT molecular complexity index is 1650. The van der Waals surface area contributed by atoms with Crippen LogP contribution in [0.5, 0.6) is 5.75 Å². The standard InChI is InChI=1S/C27H23ClFN5O4/c1-38-18-5-2-15(3-6-18)23-12-24-30-22-8-9-32(14-19(22)27(37)34(24)31-23)26(36)16-10-25(35)33(13-16)17-4-7-21(29)20(28)11-17/h2-7,11-12,16,31H,8-10,13-14H2,1H3. The Balaban J connectivity index is 1.23. The maximum Gasteiger partial charge on any atom is 0.277 e. The van der Waals surface area contributed by atoms with Gasteiger partial charge in [0.2, 0.25) is 11.8 Å². The van der Waals surface area contributed by atoms with Crippen LogP contribution in [0.1, 0.15) is 17.7 Å². The minimum absolute atomic E-state index is 0.0370. The quantitative estimate of drug-likeness (QED) is 0.431. The Kier molecular flexibility index (Phi) is 5.91. The van der Waals surface area contributed by atoms with Gasteiger partial charge in [0.25, 0.3) is 5.56 Å². The van der Waals surface area contributed by atoms with Gasteiger partial charge in [0.15, 0.2) is 5.65 Å². The van der Waals surface area contributed by atoms with Gasteiger partial charge >= 0.3 is 0 Å². The molecule has 2 aliphatic rings. The Hall–Kier alpha value is -4.18. The van der Waals surface area contributed by atoms with Crippen LogP contribution in [0.4, 0.5) is 10.1 Å². The van der Waals surface area contributed by atoms with Crippen molar-refractivity contribution in [2.24, 2.45) is 5.92 Å². The Morgan fingerprint density at radius 1 is 1.16 bits per heavy atom. The first kappa shape index (κ1) is 24.2. The molecule has 1 fully saturated rings. The zero-order valence-electron chi connectivity index (χ0n) is 20.4. The van der Waals surface area contributed by atoms with Gasteiger partial charge < -0.3 is 14.5 Å². The Labute approximate surface area is 221 Å². The van der Waals surface area contributed by atoms with E-state index in [0.29, 0.717) is 35.6 Å². The van der Waals surface area contributed by atoms with Crippen molar-refractivity contribution in [3.63, 3.8) is 0 Å². The number of benzene rings is 2. The van der Waals surface area contributed by atoms with Gasteiger partial charge in [-0.2, -0.15) is 0 Å². The number of hydrogen-bond donors (Lipinski definition) is 1. The number of amides is 2. The van der Waals surface area contributed by atoms with Crippen molar-refractivity contribution in [1.29, 1.82) is 0 Å². The zero-order valence-corrected chi connectivity index (χ0v) is 21.2. The largest absolute Gasteiger partial charge is 0.497 e. The molecule has 9 nitrogen and oxygen atoms in total. The van der Waals surface area contributed by atoms with Gasteiger partial charge in [-0.3, -0.25) is 19.5 Å². The molecule has 1 saturated heterocycles. The van der Waals surface area contributed by atoms with Gasteiger partial charge in [0.1, 0.15) is 11.6 Å². The second kappa shape index (κ2) is 9.29. The zero-order chi connectivity index (χ0) is 26.6. The summed E-state index contributed by atoms with van der Waals surface area (Å²) < 4.78 is 20.2. The van der Waals surface area contributed by atoms with E-state index in [4.69, 9.17) is 21.3 Å². The van der Waals surface area contributed by atoms with E-state index in [2.05, 4.69) is 5.10 Å². The van der Waals surface area contributed by atoms with E-state index >= 15 is 0 Å². The molecule has 0 bridgehead atoms. The number of anilines is 1. The molecule has 38 heavy (non-hydrogen) atoms. The van der Waals surface area contributed by atoms with Crippen molar-refractivity contribution in [2.75, 3.05) is 25.1 Å². The normalized spacial score (nSPS) is 17.2. The lowest BCUT2D eigenvalue weighted by atomic mass is 10.0. The van der Waals surface area contributed by atoms with E-state index in [1.54, 1.807) is 12.0 Å². The predicted octanol–water partition coefficient (Wildman–Crippen LogP) is 3.43. The number of nitrogens with one attached hydrogen (secondary N) is 1. The first-order valence-corrected chi connectivity index (χ1v) is 12.5. The summed E-state index contributed by atoms with van der Waals surface area (Å²) in [6.45, 7) is 0.686. The fraction of sp³-hybridized carbons (Fsp3) is 0.259. The maximum absolute atomic E-state index is 13.6. The highest BCUT2D eigenvalue weighted by molar-refractivity contribution is 6.31. The molecule has 1 N–H and O–H groups in total. The first-order valence-electron chi connectivity index (χ1n) is 12.1. The summed E-state index contributed by atoms with van der Waals surface area (Å²) in [6, 6.07) is 13.3. The number of aromatic nitrogens is 3. The molecule has 4 heterocycles. The average Bonchev–Trinajstić information content (AvgIpc) is 3.54. The summed E-state index contributed by atoms with van der Waals surface area (Å²) in [5.74, 6) is -0.846. The third kappa shape index (κ3) is 4.10. The van der Waals surface area contributed by atoms with Crippen molar-refractivity contribution < 1.29 is 18.7 Å². The van der Waals surface area contributed by atoms with Crippen LogP contribution in [0.3, 0.4) is 0 Å². The summed E-state index contributed by atoms with van der Waals surface area (Å²) in [4.78, 5) is 47.2. The van der Waals surface area contributed by atoms with Crippen molar-refractivity contribution >= 4 is 34.7 Å². The highest BCUT2D eigenvalue weighted by atomic mass is 35.5. The summed E-state index contributed by atoms with van der Waals surface area (Å²) >= 11 is 5.88. The second-order valence-electron chi connectivity index (χ2n) is 9.45. The minimum Gasteiger partial charge on any atom is -0.497 e. The number of ether oxygens (including phenoxy) is 1. The van der Waals surface area contributed by atoms with Crippen LogP contribution in [0.25, 0.3) is 16.9 Å². The van der Waals surface area contributed by atoms with Crippen LogP contribution in [0, 0.1) is 11.7 Å². The van der Waals surface area contributed by atoms with Crippen molar-refractivity contribution in [2.45, 2.75) is 19.4 Å². The lowest BCUT2D eigenvalue weighted by Gasteiger charge is -2.29. The van der Waals surface area contributed by atoms with Crippen LogP contribution < -0.4 is 15.2 Å². The highest BCUT2D eigenvalue weighted by Crippen LogP contribution is 2.30. The second-order valence-corrected chi connectivity index (χ2v) is 9.85. The van der Waals surface area contributed by atoms with E-state index in [1.165, 1.54) is 27.6 Å². The number of rotatable bonds is 4. The van der Waals surface area contributed by atoms with Crippen LogP contribution in [0.15, 0.2) is 53.3 Å². The van der Waals surface area contributed by atoms with E-state index in [0.717, 1.165) is 17.0 Å². The Morgan fingerprint density at radius 2 is 1.95 bits per heavy atom. The Morgan fingerprint density at radius 3 is 2.68 bits per heavy atom. The monoisotopic (exact) mass is 535 g/mol. The summed E-state index contributed by atoms with van der Waals surface area (Å²) in [5, 5.41) is 3.03. The minimum atomic E-state index is -0.575. The van der Waals surface area contributed by atoms with Gasteiger partial charge in [-0.25, -0.2) is 13.9 Å². The molecule has 2 aromatic carbocycles. The molecule has 0 radical (unpaired) electrons. The molecule has 4 aromatic rings. The van der Waals surface area contributed by atoms with Gasteiger partial charge in [0.05, 0.1) is 41.5 Å². The van der Waals surface area contributed by atoms with Gasteiger partial charge in [-0.15, -0.1) is 0 Å². The van der Waals surface area contributed by atoms with E-state index < -0.39 is 11.7 Å². The molecule has 1 unspecified atom stereocenters. The number of carbonyl (C=O) groups is 2. The number of nitrogens with zero attached hydrogens (tertiary/aromatic N) is 4. The molecule has 0 aliphatic carbocycles. The summed E-state index contributed by atoms with van der Waals surface area (Å²) in [7, 11) is 1.60. The lowest BCUT2D eigenvalue weighted by molar-refractivity contribution is -0.136. The predicted molar refractivity (Wildman–Crippen MR) is 139 cm³/mol. The number of hydrogen-bond acceptors (Lipinski definition) is 5. The van der Waals surface area contributed by atoms with E-state index in [-0.39, 0.29) is 41.9 Å². The summed E-state index contributed by atoms with van der Waals surface area (Å²) in [5.41, 5.74) is 3.44. The molecular weight excluding hydrogens is 513 g/mol. The molecule has 6 rings (SSSR count). The lowest BCUT2D eigenvalue weighted by Crippen LogP contribution is -2.43. The topological polar surface area (TPSA) is 100 Å². The molecule has 194 valence electrons. The fourth-order valence-electron chi connectivity index (χ4n) is 5.12. The van der Waals surface area contributed by atoms with Crippen LogP contribution >= 0.6 is 11.6 Å². The highest BCUT2D eigenvalue weighted by Gasteiger charge is 2.38. The number of carbonyl (C=O) groups excluding carboxylic acids is 2. The number of H-pyrrole nitrogens is 1. The molecule has 2 aliphatic heterocycles. The van der Waals surface area contributed by atoms with Crippen LogP contribution in [0.2, 0.25) is 5.02 Å². The number of aromatic amines is 1. The molecule has 1 atom stereocenters. The van der Waals surface area contributed by atoms with Crippen LogP contribution in [-0.4, -0.2) is 51.5 Å². The molecule has 2 aromatic heterocycles. The molecule has 0 spiro atoms. The third-order valence-electron chi connectivity index (χ3n) is 7.16. The fourth-order valence-corrected chi connectivity index (χ4v) is 5.30. The molecule has 2 amide bonds. The van der Waals surface area contributed by atoms with E-state index in [1.807, 2.05) is 30.3 Å². The molecule has 0 saturated carbocycles. The average molecular weight is 536 g/mol. The molecular formula is C27H23ClFN5O4. The smallest absolute Gasteiger partial charge is 0.277 e. The third-order valence-corrected chi connectivity index (χ3v) is 7.45. The van der Waals surface area contributed by atoms with Crippen LogP contribution in [-0.2, 0) is 22.6 Å². The number of methoxy groups -OCH3 is 1. The van der Waals surface area contributed by atoms with Gasteiger partial charge in [0, 0.05) is 37.7 Å². The maximum atomic E-state index is 13.6. The SMILES string of the molecule is COc1ccc(-c2cc3nc4c(c(=O)n3[nH]2)CN(C(=O)C2CC(=O)N(c3ccc(F)c(Cl)c3)C2)CC4)cc1. The van der Waals surface area contributed by atoms with Crippen molar-refractivity contribution in [3.8, 4) is 17.0 Å². The first-order chi connectivity index (χ1) is 18.3. The van der Waals surface area contributed by atoms with Gasteiger partial charge in [-0.05, 0) is 48.0 Å². The van der Waals surface area contributed by atoms with Gasteiger partial charge in [-0.1, -0.05) is 11.6 Å². The number of halogens is 2.